The van der Waals surface area contributed by atoms with Crippen molar-refractivity contribution in [2.24, 2.45) is 0 Å². The molecule has 0 radical (unpaired) electrons. The van der Waals surface area contributed by atoms with E-state index < -0.39 is 5.60 Å². The van der Waals surface area contributed by atoms with Crippen molar-refractivity contribution in [2.45, 2.75) is 25.0 Å². The van der Waals surface area contributed by atoms with Crippen LogP contribution in [0.1, 0.15) is 24.1 Å². The smallest absolute Gasteiger partial charge is 0.119 e. The van der Waals surface area contributed by atoms with E-state index in [0.717, 1.165) is 31.6 Å². The maximum atomic E-state index is 10.9. The molecule has 1 aromatic heterocycles. The van der Waals surface area contributed by atoms with Gasteiger partial charge >= 0.3 is 0 Å². The Labute approximate surface area is 119 Å². The second kappa shape index (κ2) is 5.73. The molecular formula is C17H20N2O. The molecule has 104 valence electrons. The number of likely N-dealkylation sites (tertiary alicyclic amines) is 1. The molecule has 1 aliphatic heterocycles. The van der Waals surface area contributed by atoms with Gasteiger partial charge in [0.05, 0.1) is 5.69 Å². The van der Waals surface area contributed by atoms with Crippen LogP contribution in [0, 0.1) is 0 Å². The number of nitrogens with zero attached hydrogens (tertiary/aromatic N) is 2. The molecule has 0 spiro atoms. The van der Waals surface area contributed by atoms with Crippen molar-refractivity contribution in [1.29, 1.82) is 0 Å². The molecule has 0 saturated carbocycles. The van der Waals surface area contributed by atoms with Gasteiger partial charge in [-0.2, -0.15) is 0 Å². The highest BCUT2D eigenvalue weighted by Gasteiger charge is 2.35. The largest absolute Gasteiger partial charge is 0.382 e. The van der Waals surface area contributed by atoms with E-state index in [1.807, 2.05) is 24.3 Å². The number of pyridine rings is 1. The predicted molar refractivity (Wildman–Crippen MR) is 79.1 cm³/mol. The Morgan fingerprint density at radius 3 is 2.65 bits per heavy atom. The van der Waals surface area contributed by atoms with Crippen LogP contribution >= 0.6 is 0 Å². The van der Waals surface area contributed by atoms with Gasteiger partial charge in [0, 0.05) is 19.3 Å². The molecule has 0 aliphatic carbocycles. The summed E-state index contributed by atoms with van der Waals surface area (Å²) in [5, 5.41) is 10.9. The third kappa shape index (κ3) is 2.89. The van der Waals surface area contributed by atoms with Gasteiger partial charge in [-0.3, -0.25) is 9.88 Å². The van der Waals surface area contributed by atoms with Crippen LogP contribution in [0.25, 0.3) is 0 Å². The van der Waals surface area contributed by atoms with Gasteiger partial charge in [0.2, 0.25) is 0 Å². The first-order valence-electron chi connectivity index (χ1n) is 7.16. The Hall–Kier alpha value is -1.71. The summed E-state index contributed by atoms with van der Waals surface area (Å²) in [7, 11) is 0. The van der Waals surface area contributed by atoms with Crippen molar-refractivity contribution < 1.29 is 5.11 Å². The molecule has 2 heterocycles. The van der Waals surface area contributed by atoms with Crippen LogP contribution in [0.5, 0.6) is 0 Å². The fourth-order valence-electron chi connectivity index (χ4n) is 2.95. The zero-order valence-electron chi connectivity index (χ0n) is 11.6. The molecule has 0 bridgehead atoms. The first-order valence-corrected chi connectivity index (χ1v) is 7.16. The summed E-state index contributed by atoms with van der Waals surface area (Å²) in [5.74, 6) is 0. The number of rotatable bonds is 3. The van der Waals surface area contributed by atoms with Crippen molar-refractivity contribution in [3.8, 4) is 0 Å². The SMILES string of the molecule is OC1(c2ccccn2)CCCN(Cc2ccccc2)C1. The molecule has 0 amide bonds. The van der Waals surface area contributed by atoms with Crippen molar-refractivity contribution in [2.75, 3.05) is 13.1 Å². The first-order chi connectivity index (χ1) is 9.76. The highest BCUT2D eigenvalue weighted by molar-refractivity contribution is 5.17. The van der Waals surface area contributed by atoms with E-state index in [9.17, 15) is 5.11 Å². The highest BCUT2D eigenvalue weighted by Crippen LogP contribution is 2.30. The maximum absolute atomic E-state index is 10.9. The molecule has 1 aliphatic rings. The molecule has 3 nitrogen and oxygen atoms in total. The van der Waals surface area contributed by atoms with Crippen LogP contribution in [-0.4, -0.2) is 28.1 Å². The molecule has 2 aromatic rings. The number of hydrogen-bond donors (Lipinski definition) is 1. The maximum Gasteiger partial charge on any atom is 0.119 e. The van der Waals surface area contributed by atoms with Gasteiger partial charge in [0.15, 0.2) is 0 Å². The fraction of sp³-hybridized carbons (Fsp3) is 0.353. The molecule has 1 atom stereocenters. The summed E-state index contributed by atoms with van der Waals surface area (Å²) in [4.78, 5) is 6.65. The Balaban J connectivity index is 1.73. The van der Waals surface area contributed by atoms with Crippen LogP contribution in [0.2, 0.25) is 0 Å². The lowest BCUT2D eigenvalue weighted by Gasteiger charge is -2.38. The second-order valence-corrected chi connectivity index (χ2v) is 5.55. The van der Waals surface area contributed by atoms with Gasteiger partial charge in [-0.1, -0.05) is 36.4 Å². The molecule has 1 unspecified atom stereocenters. The van der Waals surface area contributed by atoms with E-state index in [1.54, 1.807) is 6.20 Å². The number of aromatic nitrogens is 1. The molecule has 1 N–H and O–H groups in total. The Kier molecular flexibility index (Phi) is 3.81. The van der Waals surface area contributed by atoms with Crippen LogP contribution in [0.4, 0.5) is 0 Å². The number of aliphatic hydroxyl groups is 1. The monoisotopic (exact) mass is 268 g/mol. The lowest BCUT2D eigenvalue weighted by atomic mass is 9.89. The van der Waals surface area contributed by atoms with Gasteiger partial charge in [-0.05, 0) is 37.1 Å². The Morgan fingerprint density at radius 2 is 1.90 bits per heavy atom. The zero-order chi connectivity index (χ0) is 13.8. The third-order valence-electron chi connectivity index (χ3n) is 3.94. The number of hydrogen-bond acceptors (Lipinski definition) is 3. The summed E-state index contributed by atoms with van der Waals surface area (Å²) >= 11 is 0. The Bertz CT molecular complexity index is 543. The normalized spacial score (nSPS) is 23.6. The number of β-amino-alcohol motifs (C(OH)–C–C–N with tert-alkyl or cyclic N) is 1. The lowest BCUT2D eigenvalue weighted by Crippen LogP contribution is -2.46. The molecular weight excluding hydrogens is 248 g/mol. The summed E-state index contributed by atoms with van der Waals surface area (Å²) in [6.45, 7) is 2.57. The molecule has 1 aromatic carbocycles. The topological polar surface area (TPSA) is 36.4 Å². The van der Waals surface area contributed by atoms with E-state index in [2.05, 4.69) is 34.1 Å². The van der Waals surface area contributed by atoms with Gasteiger partial charge < -0.3 is 5.11 Å². The second-order valence-electron chi connectivity index (χ2n) is 5.55. The average Bonchev–Trinajstić information content (AvgIpc) is 2.49. The van der Waals surface area contributed by atoms with E-state index in [4.69, 9.17) is 0 Å². The minimum Gasteiger partial charge on any atom is -0.382 e. The summed E-state index contributed by atoms with van der Waals surface area (Å²) in [5.41, 5.74) is 1.27. The van der Waals surface area contributed by atoms with Crippen molar-refractivity contribution in [1.82, 2.24) is 9.88 Å². The van der Waals surface area contributed by atoms with Crippen molar-refractivity contribution >= 4 is 0 Å². The summed E-state index contributed by atoms with van der Waals surface area (Å²) in [6, 6.07) is 16.2. The van der Waals surface area contributed by atoms with Gasteiger partial charge in [-0.15, -0.1) is 0 Å². The molecule has 3 rings (SSSR count). The average molecular weight is 268 g/mol. The minimum absolute atomic E-state index is 0.652. The van der Waals surface area contributed by atoms with E-state index in [1.165, 1.54) is 5.56 Å². The predicted octanol–water partition coefficient (Wildman–Crippen LogP) is 2.57. The highest BCUT2D eigenvalue weighted by atomic mass is 16.3. The van der Waals surface area contributed by atoms with E-state index in [-0.39, 0.29) is 0 Å². The molecule has 20 heavy (non-hydrogen) atoms. The molecule has 1 fully saturated rings. The van der Waals surface area contributed by atoms with Crippen LogP contribution < -0.4 is 0 Å². The van der Waals surface area contributed by atoms with Crippen LogP contribution in [-0.2, 0) is 12.1 Å². The number of piperidine rings is 1. The number of benzene rings is 1. The quantitative estimate of drug-likeness (QED) is 0.929. The fourth-order valence-corrected chi connectivity index (χ4v) is 2.95. The van der Waals surface area contributed by atoms with Gasteiger partial charge in [0.25, 0.3) is 0 Å². The van der Waals surface area contributed by atoms with Gasteiger partial charge in [-0.25, -0.2) is 0 Å². The molecule has 1 saturated heterocycles. The summed E-state index contributed by atoms with van der Waals surface area (Å²) < 4.78 is 0. The van der Waals surface area contributed by atoms with Gasteiger partial charge in [0.1, 0.15) is 5.60 Å². The lowest BCUT2D eigenvalue weighted by molar-refractivity contribution is -0.0413. The van der Waals surface area contributed by atoms with Crippen molar-refractivity contribution in [3.05, 3.63) is 66.0 Å². The van der Waals surface area contributed by atoms with Crippen molar-refractivity contribution in [3.63, 3.8) is 0 Å². The third-order valence-corrected chi connectivity index (χ3v) is 3.94. The van der Waals surface area contributed by atoms with E-state index in [0.29, 0.717) is 6.54 Å². The zero-order valence-corrected chi connectivity index (χ0v) is 11.6. The standard InChI is InChI=1S/C17H20N2O/c20-17(16-9-4-5-11-18-16)10-6-12-19(14-17)13-15-7-2-1-3-8-15/h1-5,7-9,11,20H,6,10,12-14H2. The minimum atomic E-state index is -0.811. The first kappa shape index (κ1) is 13.3. The van der Waals surface area contributed by atoms with Crippen LogP contribution in [0.3, 0.4) is 0 Å². The van der Waals surface area contributed by atoms with Crippen LogP contribution in [0.15, 0.2) is 54.7 Å². The Morgan fingerprint density at radius 1 is 1.10 bits per heavy atom. The molecule has 3 heteroatoms. The van der Waals surface area contributed by atoms with E-state index >= 15 is 0 Å². The summed E-state index contributed by atoms with van der Waals surface area (Å²) in [6.07, 6.45) is 3.54.